The molecule has 32 heavy (non-hydrogen) atoms. The zero-order chi connectivity index (χ0) is 22.8. The van der Waals surface area contributed by atoms with Crippen LogP contribution < -0.4 is 0 Å². The number of rotatable bonds is 11. The van der Waals surface area contributed by atoms with Crippen LogP contribution in [0.5, 0.6) is 0 Å². The van der Waals surface area contributed by atoms with Crippen LogP contribution >= 0.6 is 0 Å². The molecular formula is C26H31N3O3. The molecule has 0 aliphatic rings. The first-order chi connectivity index (χ1) is 15.6. The molecule has 6 nitrogen and oxygen atoms in total. The third-order valence-corrected chi connectivity index (χ3v) is 5.38. The first kappa shape index (κ1) is 23.3. The number of hydrogen-bond acceptors (Lipinski definition) is 3. The number of carbonyl (C=O) groups is 2. The van der Waals surface area contributed by atoms with Crippen molar-refractivity contribution in [2.45, 2.75) is 19.5 Å². The van der Waals surface area contributed by atoms with Gasteiger partial charge in [-0.05, 0) is 36.2 Å². The Morgan fingerprint density at radius 1 is 0.875 bits per heavy atom. The highest BCUT2D eigenvalue weighted by molar-refractivity contribution is 5.96. The number of benzene rings is 2. The largest absolute Gasteiger partial charge is 0.385 e. The summed E-state index contributed by atoms with van der Waals surface area (Å²) in [6, 6.07) is 23.0. The minimum atomic E-state index is -0.145. The molecule has 0 saturated heterocycles. The summed E-state index contributed by atoms with van der Waals surface area (Å²) in [4.78, 5) is 30.0. The molecule has 0 aliphatic heterocycles. The zero-order valence-electron chi connectivity index (χ0n) is 18.8. The van der Waals surface area contributed by atoms with Crippen LogP contribution in [0.25, 0.3) is 0 Å². The SMILES string of the molecule is COCCCN(CC(=O)N(Cc1ccccc1)Cc1cccn1C)C(=O)c1ccccc1. The lowest BCUT2D eigenvalue weighted by Gasteiger charge is -2.28. The van der Waals surface area contributed by atoms with Gasteiger partial charge in [-0.15, -0.1) is 0 Å². The normalized spacial score (nSPS) is 10.7. The first-order valence-corrected chi connectivity index (χ1v) is 10.8. The Hall–Kier alpha value is -3.38. The molecule has 2 amide bonds. The van der Waals surface area contributed by atoms with Gasteiger partial charge >= 0.3 is 0 Å². The summed E-state index contributed by atoms with van der Waals surface area (Å²) in [6.07, 6.45) is 2.63. The summed E-state index contributed by atoms with van der Waals surface area (Å²) in [7, 11) is 3.60. The molecule has 2 aromatic carbocycles. The molecule has 1 heterocycles. The molecule has 0 fully saturated rings. The van der Waals surface area contributed by atoms with Crippen LogP contribution in [0.1, 0.15) is 28.0 Å². The van der Waals surface area contributed by atoms with Crippen molar-refractivity contribution in [2.75, 3.05) is 26.8 Å². The predicted molar refractivity (Wildman–Crippen MR) is 125 cm³/mol. The van der Waals surface area contributed by atoms with E-state index in [1.165, 1.54) is 0 Å². The molecule has 0 atom stereocenters. The van der Waals surface area contributed by atoms with Crippen LogP contribution in [0, 0.1) is 0 Å². The fourth-order valence-electron chi connectivity index (χ4n) is 3.57. The second kappa shape index (κ2) is 11.9. The van der Waals surface area contributed by atoms with Crippen molar-refractivity contribution in [3.63, 3.8) is 0 Å². The van der Waals surface area contributed by atoms with Crippen molar-refractivity contribution >= 4 is 11.8 Å². The highest BCUT2D eigenvalue weighted by Gasteiger charge is 2.23. The summed E-state index contributed by atoms with van der Waals surface area (Å²) < 4.78 is 7.17. The smallest absolute Gasteiger partial charge is 0.254 e. The molecule has 0 N–H and O–H groups in total. The van der Waals surface area contributed by atoms with Crippen molar-refractivity contribution in [2.24, 2.45) is 7.05 Å². The van der Waals surface area contributed by atoms with Gasteiger partial charge in [-0.2, -0.15) is 0 Å². The lowest BCUT2D eigenvalue weighted by Crippen LogP contribution is -2.43. The maximum atomic E-state index is 13.5. The minimum absolute atomic E-state index is 0.0225. The Bertz CT molecular complexity index is 986. The Labute approximate surface area is 190 Å². The van der Waals surface area contributed by atoms with E-state index in [1.54, 1.807) is 24.1 Å². The number of methoxy groups -OCH3 is 1. The van der Waals surface area contributed by atoms with Crippen molar-refractivity contribution in [1.82, 2.24) is 14.4 Å². The van der Waals surface area contributed by atoms with E-state index in [-0.39, 0.29) is 18.4 Å². The summed E-state index contributed by atoms with van der Waals surface area (Å²) >= 11 is 0. The van der Waals surface area contributed by atoms with Crippen molar-refractivity contribution in [3.05, 3.63) is 95.8 Å². The average Bonchev–Trinajstić information content (AvgIpc) is 3.23. The Balaban J connectivity index is 1.79. The fraction of sp³-hybridized carbons (Fsp3) is 0.308. The maximum absolute atomic E-state index is 13.5. The van der Waals surface area contributed by atoms with E-state index in [0.717, 1.165) is 11.3 Å². The second-order valence-corrected chi connectivity index (χ2v) is 7.78. The molecule has 3 rings (SSSR count). The van der Waals surface area contributed by atoms with Gasteiger partial charge in [-0.3, -0.25) is 9.59 Å². The van der Waals surface area contributed by atoms with E-state index in [0.29, 0.717) is 38.2 Å². The van der Waals surface area contributed by atoms with Gasteiger partial charge in [0.1, 0.15) is 6.54 Å². The van der Waals surface area contributed by atoms with E-state index in [9.17, 15) is 9.59 Å². The molecule has 168 valence electrons. The predicted octanol–water partition coefficient (Wildman–Crippen LogP) is 3.73. The fourth-order valence-corrected chi connectivity index (χ4v) is 3.57. The standard InChI is InChI=1S/C26H31N3O3/c1-27-16-9-15-24(27)20-29(19-22-11-5-3-6-12-22)25(30)21-28(17-10-18-32-2)26(31)23-13-7-4-8-14-23/h3-9,11-16H,10,17-21H2,1-2H3. The highest BCUT2D eigenvalue weighted by Crippen LogP contribution is 2.13. The lowest BCUT2D eigenvalue weighted by molar-refractivity contribution is -0.133. The molecule has 0 aliphatic carbocycles. The number of aromatic nitrogens is 1. The monoisotopic (exact) mass is 433 g/mol. The van der Waals surface area contributed by atoms with Gasteiger partial charge in [0.05, 0.1) is 6.54 Å². The number of hydrogen-bond donors (Lipinski definition) is 0. The molecule has 0 bridgehead atoms. The average molecular weight is 434 g/mol. The van der Waals surface area contributed by atoms with Gasteiger partial charge < -0.3 is 19.1 Å². The van der Waals surface area contributed by atoms with E-state index >= 15 is 0 Å². The molecule has 0 radical (unpaired) electrons. The van der Waals surface area contributed by atoms with Gasteiger partial charge in [0.15, 0.2) is 0 Å². The minimum Gasteiger partial charge on any atom is -0.385 e. The molecule has 0 spiro atoms. The number of amides is 2. The number of carbonyl (C=O) groups excluding carboxylic acids is 2. The quantitative estimate of drug-likeness (QED) is 0.433. The molecular weight excluding hydrogens is 402 g/mol. The van der Waals surface area contributed by atoms with Gasteiger partial charge in [-0.25, -0.2) is 0 Å². The maximum Gasteiger partial charge on any atom is 0.254 e. The molecule has 1 aromatic heterocycles. The summed E-state index contributed by atoms with van der Waals surface area (Å²) in [5, 5.41) is 0. The van der Waals surface area contributed by atoms with Crippen LogP contribution in [0.2, 0.25) is 0 Å². The molecule has 0 saturated carbocycles. The topological polar surface area (TPSA) is 54.8 Å². The highest BCUT2D eigenvalue weighted by atomic mass is 16.5. The lowest BCUT2D eigenvalue weighted by atomic mass is 10.2. The van der Waals surface area contributed by atoms with Crippen LogP contribution in [0.3, 0.4) is 0 Å². The number of ether oxygens (including phenoxy) is 1. The van der Waals surface area contributed by atoms with Crippen LogP contribution in [0.15, 0.2) is 79.0 Å². The van der Waals surface area contributed by atoms with Crippen molar-refractivity contribution in [3.8, 4) is 0 Å². The van der Waals surface area contributed by atoms with Crippen molar-refractivity contribution < 1.29 is 14.3 Å². The second-order valence-electron chi connectivity index (χ2n) is 7.78. The van der Waals surface area contributed by atoms with Gasteiger partial charge in [0, 0.05) is 51.3 Å². The molecule has 3 aromatic rings. The third-order valence-electron chi connectivity index (χ3n) is 5.38. The number of nitrogens with zero attached hydrogens (tertiary/aromatic N) is 3. The third kappa shape index (κ3) is 6.56. The summed E-state index contributed by atoms with van der Waals surface area (Å²) in [5.41, 5.74) is 2.67. The zero-order valence-corrected chi connectivity index (χ0v) is 18.8. The first-order valence-electron chi connectivity index (χ1n) is 10.8. The van der Waals surface area contributed by atoms with Gasteiger partial charge in [0.2, 0.25) is 5.91 Å². The summed E-state index contributed by atoms with van der Waals surface area (Å²) in [5.74, 6) is -0.231. The van der Waals surface area contributed by atoms with Crippen LogP contribution in [-0.4, -0.2) is 53.0 Å². The Kier molecular flexibility index (Phi) is 8.63. The van der Waals surface area contributed by atoms with Gasteiger partial charge in [-0.1, -0.05) is 48.5 Å². The molecule has 6 heteroatoms. The van der Waals surface area contributed by atoms with E-state index < -0.39 is 0 Å². The number of aryl methyl sites for hydroxylation is 1. The molecule has 0 unspecified atom stereocenters. The van der Waals surface area contributed by atoms with Crippen molar-refractivity contribution in [1.29, 1.82) is 0 Å². The van der Waals surface area contributed by atoms with E-state index in [2.05, 4.69) is 0 Å². The van der Waals surface area contributed by atoms with Crippen LogP contribution in [0.4, 0.5) is 0 Å². The summed E-state index contributed by atoms with van der Waals surface area (Å²) in [6.45, 7) is 1.97. The van der Waals surface area contributed by atoms with E-state index in [4.69, 9.17) is 4.74 Å². The van der Waals surface area contributed by atoms with E-state index in [1.807, 2.05) is 83.4 Å². The Morgan fingerprint density at radius 2 is 1.56 bits per heavy atom. The van der Waals surface area contributed by atoms with Gasteiger partial charge in [0.25, 0.3) is 5.91 Å². The van der Waals surface area contributed by atoms with Crippen LogP contribution in [-0.2, 0) is 29.7 Å². The Morgan fingerprint density at radius 3 is 2.19 bits per heavy atom.